The molecule has 2 aromatic rings. The van der Waals surface area contributed by atoms with E-state index in [1.54, 1.807) is 0 Å². The molecule has 0 atom stereocenters. The third kappa shape index (κ3) is 36.3. The van der Waals surface area contributed by atoms with E-state index in [2.05, 4.69) is 150 Å². The van der Waals surface area contributed by atoms with E-state index in [1.807, 2.05) is 4.93 Å². The van der Waals surface area contributed by atoms with Gasteiger partial charge in [-0.25, -0.2) is 0 Å². The van der Waals surface area contributed by atoms with Gasteiger partial charge < -0.3 is 30.7 Å². The van der Waals surface area contributed by atoms with E-state index < -0.39 is 23.0 Å². The van der Waals surface area contributed by atoms with Crippen molar-refractivity contribution >= 4 is 100 Å². The van der Waals surface area contributed by atoms with Crippen LogP contribution in [-0.2, 0) is 54.5 Å². The van der Waals surface area contributed by atoms with Crippen LogP contribution in [0.3, 0.4) is 0 Å². The van der Waals surface area contributed by atoms with Crippen molar-refractivity contribution in [3.05, 3.63) is 70.8 Å². The molecule has 2 rings (SSSR count). The molecule has 14 heteroatoms. The van der Waals surface area contributed by atoms with Gasteiger partial charge in [0.05, 0.1) is 18.8 Å². The normalized spacial score (nSPS) is 10.9. The second kappa shape index (κ2) is 39.8. The van der Waals surface area contributed by atoms with Gasteiger partial charge >= 0.3 is 76.8 Å². The van der Waals surface area contributed by atoms with Gasteiger partial charge in [-0.2, -0.15) is 0 Å². The second-order valence-corrected chi connectivity index (χ2v) is 50.4. The molecular formula is C45H75I4N2O7V. The summed E-state index contributed by atoms with van der Waals surface area (Å²) < 4.78 is 10.4. The Morgan fingerprint density at radius 2 is 0.898 bits per heavy atom. The summed E-state index contributed by atoms with van der Waals surface area (Å²) in [6, 6.07) is 17.2. The third-order valence-electron chi connectivity index (χ3n) is 9.66. The van der Waals surface area contributed by atoms with E-state index in [1.165, 1.54) is 115 Å². The molecule has 0 radical (unpaired) electrons. The van der Waals surface area contributed by atoms with Crippen LogP contribution in [0.1, 0.15) is 147 Å². The van der Waals surface area contributed by atoms with Crippen molar-refractivity contribution in [1.82, 2.24) is 5.32 Å². The van der Waals surface area contributed by atoms with Crippen LogP contribution in [0.2, 0.25) is 0 Å². The molecule has 0 saturated carbocycles. The Morgan fingerprint density at radius 3 is 1.20 bits per heavy atom. The molecule has 0 bridgehead atoms. The van der Waals surface area contributed by atoms with Crippen molar-refractivity contribution in [3.8, 4) is 0 Å². The molecule has 2 aromatic carbocycles. The summed E-state index contributed by atoms with van der Waals surface area (Å²) in [4.78, 5) is 36.2. The van der Waals surface area contributed by atoms with Crippen molar-refractivity contribution in [2.75, 3.05) is 31.4 Å². The predicted octanol–water partition coefficient (Wildman–Crippen LogP) is 11.4. The molecule has 1 amide bonds. The number of carbonyl (C=O) groups is 3. The number of aryl methyl sites for hydroxylation is 4. The zero-order valence-corrected chi connectivity index (χ0v) is 46.7. The van der Waals surface area contributed by atoms with Crippen molar-refractivity contribution in [1.29, 1.82) is 0 Å². The first kappa shape index (κ1) is 61.3. The molecule has 0 fully saturated rings. The Labute approximate surface area is 409 Å². The fraction of sp³-hybridized carbons (Fsp3) is 0.667. The Bertz CT molecular complexity index is 1310. The summed E-state index contributed by atoms with van der Waals surface area (Å²) in [5, 5.41) is 21.2. The number of nitrogens with two attached hydrogens (primary N) is 1. The maximum atomic E-state index is 11.8. The average molecular weight is 1310 g/mol. The number of nitrogens with one attached hydrogen (secondary N) is 1. The summed E-state index contributed by atoms with van der Waals surface area (Å²) in [7, 11) is 0. The molecule has 59 heavy (non-hydrogen) atoms. The van der Waals surface area contributed by atoms with E-state index in [-0.39, 0.29) is 37.3 Å². The number of hydrogen-bond acceptors (Lipinski definition) is 8. The molecule has 0 unspecified atom stereocenters. The summed E-state index contributed by atoms with van der Waals surface area (Å²) in [6.45, 7) is 8.04. The monoisotopic (exact) mass is 1310 g/mol. The van der Waals surface area contributed by atoms with Crippen LogP contribution in [0, 0.1) is 0 Å². The van der Waals surface area contributed by atoms with E-state index in [9.17, 15) is 24.6 Å². The quantitative estimate of drug-likeness (QED) is 0.0299. The Morgan fingerprint density at radius 1 is 0.593 bits per heavy atom. The molecule has 340 valence electrons. The Kier molecular flexibility index (Phi) is 41.4. The van der Waals surface area contributed by atoms with Crippen LogP contribution in [0.25, 0.3) is 0 Å². The Balaban J connectivity index is 0. The zero-order valence-electron chi connectivity index (χ0n) is 36.6. The standard InChI is InChI=1S/C25H39NO5.C19H33NO2.CH3I.3HI.V/c1-5-6-7-8-9-10-11-23-12-14-24(15-13-23)16-17-25(26-20(2)27,18-30-21(3)28)19-31-22(4)29;1-2-3-4-5-6-7-8-17-9-11-18(12-10-17)13-14-19(20,15-21)16-22;1-2;;;;/h12-15H,5-11,16-19H2,1-4H3,(H,26,27);9-12,21-22H,2-8,13-16,20H2,1H3;1H3;3*1H;/q;;;;;;+3/p-3. The van der Waals surface area contributed by atoms with Crippen LogP contribution >= 0.6 is 82.5 Å². The third-order valence-corrected chi connectivity index (χ3v) is 9.66. The van der Waals surface area contributed by atoms with E-state index in [0.29, 0.717) is 19.3 Å². The number of rotatable bonds is 27. The fourth-order valence-electron chi connectivity index (χ4n) is 6.12. The van der Waals surface area contributed by atoms with Crippen molar-refractivity contribution in [3.63, 3.8) is 0 Å². The number of benzene rings is 2. The number of ether oxygens (including phenoxy) is 2. The summed E-state index contributed by atoms with van der Waals surface area (Å²) in [5.41, 5.74) is 9.11. The fourth-order valence-corrected chi connectivity index (χ4v) is 6.12. The van der Waals surface area contributed by atoms with Gasteiger partial charge in [0.25, 0.3) is 0 Å². The van der Waals surface area contributed by atoms with Gasteiger partial charge in [0.15, 0.2) is 0 Å². The number of unbranched alkanes of at least 4 members (excludes halogenated alkanes) is 10. The SMILES string of the molecule is CCCCCCCCc1ccc(CCC(COC(C)=O)(COC(C)=O)NC(C)=O)cc1.CCCCCCCCc1ccc(CCC(N)(CO)CO)cc1.CI.[I][V]([I])[I]. The number of carbonyl (C=O) groups excluding carboxylic acids is 3. The molecule has 0 saturated heterocycles. The molecule has 0 aliphatic rings. The first-order chi connectivity index (χ1) is 28.1. The van der Waals surface area contributed by atoms with Gasteiger partial charge in [-0.3, -0.25) is 14.4 Å². The van der Waals surface area contributed by atoms with Crippen LogP contribution in [0.15, 0.2) is 48.5 Å². The number of aliphatic hydroxyl groups is 2. The van der Waals surface area contributed by atoms with Crippen molar-refractivity contribution in [2.24, 2.45) is 5.73 Å². The van der Waals surface area contributed by atoms with Crippen LogP contribution < -0.4 is 11.1 Å². The number of amides is 1. The van der Waals surface area contributed by atoms with E-state index >= 15 is 0 Å². The summed E-state index contributed by atoms with van der Waals surface area (Å²) in [5.74, 6) is -1.17. The molecule has 0 spiro atoms. The molecule has 0 aliphatic carbocycles. The molecule has 9 nitrogen and oxygen atoms in total. The van der Waals surface area contributed by atoms with Crippen molar-refractivity contribution < 1.29 is 39.0 Å². The summed E-state index contributed by atoms with van der Waals surface area (Å²) >= 11 is 9.54. The van der Waals surface area contributed by atoms with Gasteiger partial charge in [0, 0.05) is 20.8 Å². The van der Waals surface area contributed by atoms with Crippen LogP contribution in [-0.4, -0.2) is 70.5 Å². The topological polar surface area (TPSA) is 148 Å². The number of aliphatic hydroxyl groups excluding tert-OH is 2. The first-order valence-electron chi connectivity index (χ1n) is 21.0. The van der Waals surface area contributed by atoms with E-state index in [0.717, 1.165) is 24.8 Å². The zero-order chi connectivity index (χ0) is 45.0. The maximum absolute atomic E-state index is 11.8. The molecule has 0 heterocycles. The van der Waals surface area contributed by atoms with Crippen LogP contribution in [0.5, 0.6) is 0 Å². The van der Waals surface area contributed by atoms with Crippen molar-refractivity contribution in [2.45, 2.75) is 161 Å². The van der Waals surface area contributed by atoms with Crippen LogP contribution in [0.4, 0.5) is 0 Å². The molecule has 0 aliphatic heterocycles. The minimum absolute atomic E-state index is 0.0503. The Hall–Kier alpha value is 0.234. The molecule has 0 aromatic heterocycles. The number of halogens is 4. The molecular weight excluding hydrogens is 1240 g/mol. The summed E-state index contributed by atoms with van der Waals surface area (Å²) in [6.07, 6.45) is 20.4. The van der Waals surface area contributed by atoms with E-state index in [4.69, 9.17) is 15.2 Å². The average Bonchev–Trinajstić information content (AvgIpc) is 3.21. The van der Waals surface area contributed by atoms with Gasteiger partial charge in [0.2, 0.25) is 5.91 Å². The second-order valence-electron chi connectivity index (χ2n) is 15.1. The molecule has 5 N–H and O–H groups in total. The predicted molar refractivity (Wildman–Crippen MR) is 277 cm³/mol. The number of hydrogen-bond donors (Lipinski definition) is 4. The van der Waals surface area contributed by atoms with Gasteiger partial charge in [0.1, 0.15) is 18.8 Å². The van der Waals surface area contributed by atoms with Gasteiger partial charge in [-0.15, -0.1) is 0 Å². The number of esters is 2. The van der Waals surface area contributed by atoms with Gasteiger partial charge in [-0.05, 0) is 78.6 Å². The first-order valence-corrected chi connectivity index (χ1v) is 36.7. The number of alkyl halides is 1. The minimum atomic E-state index is -0.958. The van der Waals surface area contributed by atoms with Gasteiger partial charge in [-0.1, -0.05) is 149 Å².